The SMILES string of the molecule is N#CC=C1CCN(c2ccc(N3CC(CNC(=O)CC#N)OC3=O)cc2F)CC1. The van der Waals surface area contributed by atoms with Crippen LogP contribution in [0.5, 0.6) is 0 Å². The van der Waals surface area contributed by atoms with Gasteiger partial charge >= 0.3 is 6.09 Å². The third-order valence-electron chi connectivity index (χ3n) is 4.90. The number of amides is 2. The lowest BCUT2D eigenvalue weighted by atomic mass is 10.0. The van der Waals surface area contributed by atoms with Crippen molar-refractivity contribution < 1.29 is 18.7 Å². The Morgan fingerprint density at radius 2 is 2.10 bits per heavy atom. The number of piperidine rings is 1. The Balaban J connectivity index is 1.62. The van der Waals surface area contributed by atoms with Gasteiger partial charge in [0.15, 0.2) is 0 Å². The molecular weight excluding hydrogens is 377 g/mol. The average molecular weight is 397 g/mol. The van der Waals surface area contributed by atoms with Crippen LogP contribution >= 0.6 is 0 Å². The smallest absolute Gasteiger partial charge is 0.414 e. The maximum Gasteiger partial charge on any atom is 0.414 e. The molecule has 1 N–H and O–H groups in total. The van der Waals surface area contributed by atoms with E-state index in [1.807, 2.05) is 11.0 Å². The highest BCUT2D eigenvalue weighted by Gasteiger charge is 2.33. The molecule has 2 aliphatic heterocycles. The van der Waals surface area contributed by atoms with Gasteiger partial charge in [-0.2, -0.15) is 10.5 Å². The highest BCUT2D eigenvalue weighted by molar-refractivity contribution is 5.90. The summed E-state index contributed by atoms with van der Waals surface area (Å²) < 4.78 is 19.9. The Bertz CT molecular complexity index is 908. The molecule has 8 nitrogen and oxygen atoms in total. The monoisotopic (exact) mass is 397 g/mol. The quantitative estimate of drug-likeness (QED) is 0.763. The van der Waals surface area contributed by atoms with Crippen molar-refractivity contribution in [1.29, 1.82) is 10.5 Å². The van der Waals surface area contributed by atoms with E-state index in [1.54, 1.807) is 24.3 Å². The molecule has 0 radical (unpaired) electrons. The predicted molar refractivity (Wildman–Crippen MR) is 102 cm³/mol. The number of halogens is 1. The minimum atomic E-state index is -0.610. The number of nitriles is 2. The summed E-state index contributed by atoms with van der Waals surface area (Å²) in [5.74, 6) is -0.875. The Morgan fingerprint density at radius 1 is 1.34 bits per heavy atom. The van der Waals surface area contributed by atoms with E-state index in [4.69, 9.17) is 15.3 Å². The van der Waals surface area contributed by atoms with E-state index >= 15 is 0 Å². The van der Waals surface area contributed by atoms with Gasteiger partial charge in [0.1, 0.15) is 18.3 Å². The van der Waals surface area contributed by atoms with Crippen molar-refractivity contribution in [2.24, 2.45) is 0 Å². The van der Waals surface area contributed by atoms with Crippen LogP contribution in [-0.2, 0) is 9.53 Å². The van der Waals surface area contributed by atoms with Crippen molar-refractivity contribution in [2.45, 2.75) is 25.4 Å². The van der Waals surface area contributed by atoms with E-state index < -0.39 is 23.9 Å². The average Bonchev–Trinajstić information content (AvgIpc) is 3.08. The van der Waals surface area contributed by atoms with Crippen molar-refractivity contribution >= 4 is 23.4 Å². The molecule has 3 rings (SSSR count). The number of hydrogen-bond acceptors (Lipinski definition) is 6. The maximum absolute atomic E-state index is 14.7. The van der Waals surface area contributed by atoms with E-state index in [0.29, 0.717) is 37.3 Å². The molecule has 0 aromatic heterocycles. The van der Waals surface area contributed by atoms with E-state index in [-0.39, 0.29) is 19.5 Å². The second kappa shape index (κ2) is 9.07. The zero-order valence-corrected chi connectivity index (χ0v) is 15.7. The lowest BCUT2D eigenvalue weighted by Crippen LogP contribution is -2.34. The van der Waals surface area contributed by atoms with Gasteiger partial charge in [0.25, 0.3) is 0 Å². The van der Waals surface area contributed by atoms with Gasteiger partial charge in [-0.1, -0.05) is 5.57 Å². The van der Waals surface area contributed by atoms with Crippen molar-refractivity contribution in [1.82, 2.24) is 5.32 Å². The molecule has 1 atom stereocenters. The highest BCUT2D eigenvalue weighted by Crippen LogP contribution is 2.30. The number of rotatable bonds is 5. The first kappa shape index (κ1) is 20.2. The van der Waals surface area contributed by atoms with Gasteiger partial charge in [-0.3, -0.25) is 9.69 Å². The van der Waals surface area contributed by atoms with Crippen LogP contribution in [-0.4, -0.2) is 44.3 Å². The van der Waals surface area contributed by atoms with Gasteiger partial charge in [0.2, 0.25) is 5.91 Å². The van der Waals surface area contributed by atoms with Gasteiger partial charge in [-0.05, 0) is 31.0 Å². The summed E-state index contributed by atoms with van der Waals surface area (Å²) in [6.07, 6.45) is 1.54. The van der Waals surface area contributed by atoms with Crippen molar-refractivity contribution in [2.75, 3.05) is 36.0 Å². The largest absolute Gasteiger partial charge is 0.442 e. The summed E-state index contributed by atoms with van der Waals surface area (Å²) in [7, 11) is 0. The fraction of sp³-hybridized carbons (Fsp3) is 0.400. The Hall–Kier alpha value is -3.59. The predicted octanol–water partition coefficient (Wildman–Crippen LogP) is 2.23. The van der Waals surface area contributed by atoms with Gasteiger partial charge < -0.3 is 15.0 Å². The second-order valence-corrected chi connectivity index (χ2v) is 6.81. The van der Waals surface area contributed by atoms with E-state index in [0.717, 1.165) is 5.57 Å². The van der Waals surface area contributed by atoms with Crippen LogP contribution in [0.15, 0.2) is 29.8 Å². The molecule has 0 spiro atoms. The van der Waals surface area contributed by atoms with Gasteiger partial charge in [0, 0.05) is 19.2 Å². The molecule has 0 aliphatic carbocycles. The lowest BCUT2D eigenvalue weighted by Gasteiger charge is -2.30. The molecule has 29 heavy (non-hydrogen) atoms. The second-order valence-electron chi connectivity index (χ2n) is 6.81. The van der Waals surface area contributed by atoms with Crippen LogP contribution in [0.2, 0.25) is 0 Å². The number of cyclic esters (lactones) is 1. The molecule has 0 saturated carbocycles. The minimum Gasteiger partial charge on any atom is -0.442 e. The van der Waals surface area contributed by atoms with Crippen LogP contribution in [0.1, 0.15) is 19.3 Å². The summed E-state index contributed by atoms with van der Waals surface area (Å²) in [6.45, 7) is 1.52. The van der Waals surface area contributed by atoms with Crippen LogP contribution in [0, 0.1) is 28.5 Å². The number of hydrogen-bond donors (Lipinski definition) is 1. The van der Waals surface area contributed by atoms with E-state index in [2.05, 4.69) is 5.32 Å². The molecular formula is C20H20FN5O3. The van der Waals surface area contributed by atoms with Gasteiger partial charge in [0.05, 0.1) is 36.6 Å². The van der Waals surface area contributed by atoms with Gasteiger partial charge in [-0.15, -0.1) is 0 Å². The maximum atomic E-state index is 14.7. The molecule has 1 unspecified atom stereocenters. The number of ether oxygens (including phenoxy) is 1. The molecule has 1 aromatic carbocycles. The third-order valence-corrected chi connectivity index (χ3v) is 4.90. The summed E-state index contributed by atoms with van der Waals surface area (Å²) in [6, 6.07) is 8.37. The summed E-state index contributed by atoms with van der Waals surface area (Å²) in [4.78, 5) is 26.7. The number of benzene rings is 1. The zero-order valence-electron chi connectivity index (χ0n) is 15.7. The fourth-order valence-corrected chi connectivity index (χ4v) is 3.39. The van der Waals surface area contributed by atoms with Crippen molar-refractivity contribution in [3.05, 3.63) is 35.7 Å². The first-order valence-electron chi connectivity index (χ1n) is 9.25. The summed E-state index contributed by atoms with van der Waals surface area (Å²) in [5, 5.41) is 19.7. The first-order chi connectivity index (χ1) is 14.0. The standard InChI is InChI=1S/C20H20FN5O3/c21-17-11-15(1-2-18(17)25-9-5-14(3-7-22)6-10-25)26-13-16(29-20(26)28)12-24-19(27)4-8-23/h1-3,11,16H,4-6,9-10,12-13H2,(H,24,27). The Kier molecular flexibility index (Phi) is 6.30. The van der Waals surface area contributed by atoms with Crippen LogP contribution in [0.4, 0.5) is 20.6 Å². The number of anilines is 2. The molecule has 0 bridgehead atoms. The summed E-state index contributed by atoms with van der Waals surface area (Å²) >= 11 is 0. The number of nitrogens with zero attached hydrogens (tertiary/aromatic N) is 4. The van der Waals surface area contributed by atoms with E-state index in [1.165, 1.54) is 11.0 Å². The van der Waals surface area contributed by atoms with Gasteiger partial charge in [-0.25, -0.2) is 9.18 Å². The Labute approximate surface area is 167 Å². The lowest BCUT2D eigenvalue weighted by molar-refractivity contribution is -0.120. The first-order valence-corrected chi connectivity index (χ1v) is 9.25. The van der Waals surface area contributed by atoms with Crippen LogP contribution in [0.25, 0.3) is 0 Å². The van der Waals surface area contributed by atoms with Crippen molar-refractivity contribution in [3.63, 3.8) is 0 Å². The molecule has 2 aliphatic rings. The summed E-state index contributed by atoms with van der Waals surface area (Å²) in [5.41, 5.74) is 1.90. The normalized spacial score (nSPS) is 18.7. The molecule has 1 aromatic rings. The number of allylic oxidation sites excluding steroid dienone is 1. The van der Waals surface area contributed by atoms with Crippen LogP contribution in [0.3, 0.4) is 0 Å². The molecule has 2 heterocycles. The Morgan fingerprint density at radius 3 is 2.76 bits per heavy atom. The molecule has 150 valence electrons. The molecule has 9 heteroatoms. The van der Waals surface area contributed by atoms with Crippen LogP contribution < -0.4 is 15.1 Å². The van der Waals surface area contributed by atoms with E-state index in [9.17, 15) is 14.0 Å². The number of nitrogens with one attached hydrogen (secondary N) is 1. The molecule has 2 saturated heterocycles. The minimum absolute atomic E-state index is 0.0929. The van der Waals surface area contributed by atoms with Crippen molar-refractivity contribution in [3.8, 4) is 12.1 Å². The third kappa shape index (κ3) is 4.82. The number of carbonyl (C=O) groups excluding carboxylic acids is 2. The molecule has 2 amide bonds. The fourth-order valence-electron chi connectivity index (χ4n) is 3.39. The molecule has 2 fully saturated rings. The topological polar surface area (TPSA) is 109 Å². The number of carbonyl (C=O) groups is 2. The highest BCUT2D eigenvalue weighted by atomic mass is 19.1. The zero-order chi connectivity index (χ0) is 20.8.